The van der Waals surface area contributed by atoms with Crippen LogP contribution in [0.15, 0.2) is 36.9 Å². The summed E-state index contributed by atoms with van der Waals surface area (Å²) in [5, 5.41) is 45.6. The maximum absolute atomic E-state index is 14.7. The highest BCUT2D eigenvalue weighted by Gasteiger charge is 2.57. The van der Waals surface area contributed by atoms with Crippen molar-refractivity contribution < 1.29 is 33.2 Å². The number of halogens is 2. The molecule has 3 aliphatic heterocycles. The number of nitrogens with two attached hydrogens (primary N) is 2. The summed E-state index contributed by atoms with van der Waals surface area (Å²) in [6.45, 7) is 4.71. The van der Waals surface area contributed by atoms with Gasteiger partial charge in [-0.1, -0.05) is 13.8 Å². The van der Waals surface area contributed by atoms with E-state index in [1.807, 2.05) is 6.92 Å². The van der Waals surface area contributed by atoms with Gasteiger partial charge < -0.3 is 35.9 Å². The van der Waals surface area contributed by atoms with Crippen LogP contribution in [-0.2, 0) is 14.2 Å². The zero-order chi connectivity index (χ0) is 33.9. The molecule has 0 radical (unpaired) electrons. The fraction of sp³-hybridized carbons (Fsp3) is 0.533. The Morgan fingerprint density at radius 3 is 1.77 bits per heavy atom. The van der Waals surface area contributed by atoms with Gasteiger partial charge in [-0.05, 0) is 43.5 Å². The predicted octanol–water partition coefficient (Wildman–Crippen LogP) is 2.16. The molecule has 47 heavy (non-hydrogen) atoms. The zero-order valence-corrected chi connectivity index (χ0v) is 25.8. The quantitative estimate of drug-likeness (QED) is 0.248. The number of nitrogens with zero attached hydrogens (tertiary/aromatic N) is 8. The molecule has 8 atom stereocenters. The van der Waals surface area contributed by atoms with Crippen molar-refractivity contribution in [3.8, 4) is 12.1 Å². The summed E-state index contributed by atoms with van der Waals surface area (Å²) in [5.74, 6) is 0.0147. The normalized spacial score (nSPS) is 31.5. The Morgan fingerprint density at radius 2 is 1.38 bits per heavy atom. The Kier molecular flexibility index (Phi) is 9.85. The summed E-state index contributed by atoms with van der Waals surface area (Å²) < 4.78 is 47.9. The molecule has 0 amide bonds. The highest BCUT2D eigenvalue weighted by Crippen LogP contribution is 2.47. The number of hydrogen-bond donors (Lipinski definition) is 4. The van der Waals surface area contributed by atoms with Crippen molar-refractivity contribution in [1.29, 1.82) is 10.5 Å². The second kappa shape index (κ2) is 13.7. The minimum atomic E-state index is -1.99. The molecule has 7 heterocycles. The lowest BCUT2D eigenvalue weighted by Crippen LogP contribution is -2.44. The second-order valence-corrected chi connectivity index (χ2v) is 11.4. The van der Waals surface area contributed by atoms with Gasteiger partial charge in [0.2, 0.25) is 5.60 Å². The lowest BCUT2D eigenvalue weighted by molar-refractivity contribution is -0.0746. The Balaban J connectivity index is 0.000000161. The summed E-state index contributed by atoms with van der Waals surface area (Å²) in [5.41, 5.74) is 10.2. The van der Waals surface area contributed by atoms with Gasteiger partial charge in [0.05, 0.1) is 24.1 Å². The van der Waals surface area contributed by atoms with Gasteiger partial charge in [0.1, 0.15) is 54.2 Å². The number of nitrogen functional groups attached to an aromatic ring is 2. The minimum Gasteiger partial charge on any atom is -0.392 e. The number of fused-ring (bicyclic) bond motifs is 2. The van der Waals surface area contributed by atoms with Gasteiger partial charge in [-0.25, -0.2) is 27.8 Å². The van der Waals surface area contributed by atoms with E-state index < -0.39 is 54.4 Å². The third-order valence-electron chi connectivity index (χ3n) is 8.82. The molecule has 3 fully saturated rings. The van der Waals surface area contributed by atoms with Gasteiger partial charge in [0.15, 0.2) is 23.4 Å². The smallest absolute Gasteiger partial charge is 0.206 e. The molecule has 0 aromatic carbocycles. The van der Waals surface area contributed by atoms with E-state index in [0.29, 0.717) is 29.0 Å². The zero-order valence-electron chi connectivity index (χ0n) is 25.8. The first kappa shape index (κ1) is 33.8. The van der Waals surface area contributed by atoms with Gasteiger partial charge in [0, 0.05) is 19.1 Å². The molecule has 15 nitrogen and oxygen atoms in total. The first-order valence-corrected chi connectivity index (χ1v) is 15.1. The van der Waals surface area contributed by atoms with E-state index in [-0.39, 0.29) is 11.5 Å². The maximum Gasteiger partial charge on any atom is 0.206 e. The van der Waals surface area contributed by atoms with E-state index in [1.54, 1.807) is 31.2 Å². The molecule has 4 aromatic rings. The summed E-state index contributed by atoms with van der Waals surface area (Å²) in [4.78, 5) is 7.71. The SMILES string of the molecule is C1CCOC1.CC[C@@]1(C#N)O[C@@H](c2ccc3c(N)ncnn23)[C@H](F)[C@@H]1C.N#C[C@]1(CO)O[C@@H](c2ccc3c(N)ncnn23)[C@H](F)[C@@H]1O. The fourth-order valence-electron chi connectivity index (χ4n) is 5.91. The van der Waals surface area contributed by atoms with Crippen LogP contribution in [0.1, 0.15) is 56.7 Å². The number of aromatic nitrogens is 6. The Hall–Kier alpha value is -4.52. The van der Waals surface area contributed by atoms with Crippen molar-refractivity contribution in [2.45, 2.75) is 75.0 Å². The average Bonchev–Trinajstić information content (AvgIpc) is 3.93. The standard InChI is InChI=1S/C14H16FN5O.C12H12FN5O3.C4H8O/c1-3-14(6-16)8(2)11(15)12(21-14)9-4-5-10-13(17)18-7-19-20(9)10;13-8-9(21-12(3-14,4-19)10(8)20)6-1-2-7-11(15)16-5-17-18(6)7;1-2-4-5-3-1/h4-5,7-8,11-12H,3H2,1-2H3,(H2,17,18,19);1-2,5,8-10,19-20H,4H2,(H2,15,16,17);1-4H2/t8-,11+,12-,14-;8-,9-,10-,12+;/m00./s1. The van der Waals surface area contributed by atoms with E-state index in [4.69, 9.17) is 30.9 Å². The van der Waals surface area contributed by atoms with Crippen LogP contribution < -0.4 is 11.5 Å². The van der Waals surface area contributed by atoms with Gasteiger partial charge in [-0.2, -0.15) is 20.7 Å². The summed E-state index contributed by atoms with van der Waals surface area (Å²) in [6, 6.07) is 10.3. The second-order valence-electron chi connectivity index (χ2n) is 11.4. The molecule has 17 heteroatoms. The molecule has 7 rings (SSSR count). The number of hydrogen-bond acceptors (Lipinski definition) is 13. The number of aliphatic hydroxyl groups is 2. The van der Waals surface area contributed by atoms with Gasteiger partial charge >= 0.3 is 0 Å². The van der Waals surface area contributed by atoms with Crippen molar-refractivity contribution in [3.05, 3.63) is 48.3 Å². The van der Waals surface area contributed by atoms with Gasteiger partial charge in [-0.15, -0.1) is 0 Å². The van der Waals surface area contributed by atoms with Crippen molar-refractivity contribution in [2.75, 3.05) is 31.3 Å². The van der Waals surface area contributed by atoms with Crippen molar-refractivity contribution in [1.82, 2.24) is 29.2 Å². The first-order valence-electron chi connectivity index (χ1n) is 15.1. The largest absolute Gasteiger partial charge is 0.392 e. The van der Waals surface area contributed by atoms with Crippen LogP contribution in [0.2, 0.25) is 0 Å². The molecule has 0 aliphatic carbocycles. The first-order chi connectivity index (χ1) is 22.6. The van der Waals surface area contributed by atoms with E-state index in [0.717, 1.165) is 13.2 Å². The monoisotopic (exact) mass is 654 g/mol. The van der Waals surface area contributed by atoms with E-state index >= 15 is 0 Å². The minimum absolute atomic E-state index is 0.207. The maximum atomic E-state index is 14.7. The van der Waals surface area contributed by atoms with Crippen LogP contribution >= 0.6 is 0 Å². The third kappa shape index (κ3) is 5.92. The van der Waals surface area contributed by atoms with Crippen LogP contribution in [0.3, 0.4) is 0 Å². The highest BCUT2D eigenvalue weighted by molar-refractivity contribution is 5.66. The molecule has 0 saturated carbocycles. The molecule has 0 unspecified atom stereocenters. The molecule has 4 aromatic heterocycles. The van der Waals surface area contributed by atoms with E-state index in [9.17, 15) is 24.3 Å². The van der Waals surface area contributed by atoms with Crippen LogP contribution in [-0.4, -0.2) is 88.9 Å². The van der Waals surface area contributed by atoms with Gasteiger partial charge in [-0.3, -0.25) is 0 Å². The number of ether oxygens (including phenoxy) is 3. The fourth-order valence-corrected chi connectivity index (χ4v) is 5.91. The molecule has 6 N–H and O–H groups in total. The molecule has 0 spiro atoms. The molecule has 3 aliphatic rings. The summed E-state index contributed by atoms with van der Waals surface area (Å²) >= 11 is 0. The van der Waals surface area contributed by atoms with Gasteiger partial charge in [0.25, 0.3) is 0 Å². The van der Waals surface area contributed by atoms with Crippen LogP contribution in [0.4, 0.5) is 20.4 Å². The Morgan fingerprint density at radius 1 is 0.894 bits per heavy atom. The molecule has 0 bridgehead atoms. The number of anilines is 2. The number of nitriles is 2. The molecule has 3 saturated heterocycles. The van der Waals surface area contributed by atoms with Crippen molar-refractivity contribution in [2.24, 2.45) is 5.92 Å². The number of alkyl halides is 2. The van der Waals surface area contributed by atoms with Crippen molar-refractivity contribution >= 4 is 22.7 Å². The lowest BCUT2D eigenvalue weighted by Gasteiger charge is -2.23. The topological polar surface area (TPSA) is 228 Å². The van der Waals surface area contributed by atoms with Crippen LogP contribution in [0, 0.1) is 28.6 Å². The summed E-state index contributed by atoms with van der Waals surface area (Å²) in [6.07, 6.45) is -1.50. The molecular weight excluding hydrogens is 618 g/mol. The van der Waals surface area contributed by atoms with Crippen molar-refractivity contribution in [3.63, 3.8) is 0 Å². The Labute approximate surface area is 268 Å². The predicted molar refractivity (Wildman–Crippen MR) is 162 cm³/mol. The van der Waals surface area contributed by atoms with E-state index in [2.05, 4.69) is 26.2 Å². The lowest BCUT2D eigenvalue weighted by atomic mass is 9.86. The number of aliphatic hydroxyl groups excluding tert-OH is 2. The van der Waals surface area contributed by atoms with Crippen LogP contribution in [0.5, 0.6) is 0 Å². The van der Waals surface area contributed by atoms with E-state index in [1.165, 1.54) is 40.6 Å². The highest BCUT2D eigenvalue weighted by atomic mass is 19.1. The number of rotatable bonds is 4. The molecular formula is C30H36F2N10O5. The average molecular weight is 655 g/mol. The Bertz CT molecular complexity index is 1660. The molecule has 250 valence electrons. The summed E-state index contributed by atoms with van der Waals surface area (Å²) in [7, 11) is 0. The van der Waals surface area contributed by atoms with Crippen LogP contribution in [0.25, 0.3) is 11.0 Å². The third-order valence-corrected chi connectivity index (χ3v) is 8.82.